The highest BCUT2D eigenvalue weighted by molar-refractivity contribution is 7.44. The Labute approximate surface area is 218 Å². The van der Waals surface area contributed by atoms with Crippen molar-refractivity contribution < 1.29 is 18.6 Å². The van der Waals surface area contributed by atoms with Crippen LogP contribution in [0.25, 0.3) is 16.0 Å². The van der Waals surface area contributed by atoms with Gasteiger partial charge < -0.3 is 18.6 Å². The first kappa shape index (κ1) is 29.1. The number of hydrogen-bond donors (Lipinski definition) is 2. The van der Waals surface area contributed by atoms with Crippen molar-refractivity contribution in [2.24, 2.45) is 5.92 Å². The van der Waals surface area contributed by atoms with E-state index in [-0.39, 0.29) is 54.1 Å². The Morgan fingerprint density at radius 3 is 2.65 bits per heavy atom. The molecule has 1 aliphatic rings. The van der Waals surface area contributed by atoms with Crippen molar-refractivity contribution in [2.75, 3.05) is 18.5 Å². The lowest BCUT2D eigenvalue weighted by Crippen LogP contribution is -2.35. The third-order valence-corrected chi connectivity index (χ3v) is 8.12. The van der Waals surface area contributed by atoms with Crippen LogP contribution in [0.5, 0.6) is 0 Å². The number of carbonyl (C=O) groups excluding carboxylic acids is 1. The van der Waals surface area contributed by atoms with Gasteiger partial charge in [-0.3, -0.25) is 24.5 Å². The van der Waals surface area contributed by atoms with Crippen molar-refractivity contribution >= 4 is 31.5 Å². The van der Waals surface area contributed by atoms with Crippen LogP contribution in [-0.4, -0.2) is 67.5 Å². The van der Waals surface area contributed by atoms with E-state index in [0.717, 1.165) is 0 Å². The molecule has 0 aromatic carbocycles. The summed E-state index contributed by atoms with van der Waals surface area (Å²) in [6, 6.07) is 0.371. The minimum atomic E-state index is -1.43. The van der Waals surface area contributed by atoms with Gasteiger partial charge >= 0.3 is 0 Å². The minimum absolute atomic E-state index is 0.0667. The van der Waals surface area contributed by atoms with E-state index in [4.69, 9.17) is 20.4 Å². The largest absolute Gasteiger partial charge is 0.352 e. The summed E-state index contributed by atoms with van der Waals surface area (Å²) in [4.78, 5) is 39.4. The summed E-state index contributed by atoms with van der Waals surface area (Å²) in [7, 11) is -1.43. The predicted octanol–water partition coefficient (Wildman–Crippen LogP) is 4.08. The van der Waals surface area contributed by atoms with Gasteiger partial charge in [-0.1, -0.05) is 20.8 Å². The molecule has 2 aromatic heterocycles. The van der Waals surface area contributed by atoms with Crippen molar-refractivity contribution in [2.45, 2.75) is 91.8 Å². The van der Waals surface area contributed by atoms with E-state index >= 15 is 0 Å². The Kier molecular flexibility index (Phi) is 10.2. The highest BCUT2D eigenvalue weighted by Crippen LogP contribution is 2.50. The molecule has 4 atom stereocenters. The molecule has 1 fully saturated rings. The molecule has 12 nitrogen and oxygen atoms in total. The molecule has 13 heteroatoms. The summed E-state index contributed by atoms with van der Waals surface area (Å²) in [6.07, 6.45) is 1.81. The van der Waals surface area contributed by atoms with Gasteiger partial charge in [-0.15, -0.1) is 0 Å². The molecule has 2 N–H and O–H groups in total. The minimum Gasteiger partial charge on any atom is -0.352 e. The number of imidazole rings is 1. The average Bonchev–Trinajstić information content (AvgIpc) is 3.42. The molecule has 0 saturated carbocycles. The van der Waals surface area contributed by atoms with E-state index in [9.17, 15) is 9.59 Å². The molecule has 0 spiro atoms. The van der Waals surface area contributed by atoms with Gasteiger partial charge in [0.2, 0.25) is 18.4 Å². The lowest BCUT2D eigenvalue weighted by atomic mass is 10.1. The monoisotopic (exact) mass is 535 g/mol. The van der Waals surface area contributed by atoms with Crippen LogP contribution in [0.2, 0.25) is 0 Å². The Morgan fingerprint density at radius 2 is 2.05 bits per heavy atom. The van der Waals surface area contributed by atoms with Gasteiger partial charge in [-0.05, 0) is 34.1 Å². The van der Waals surface area contributed by atoms with Crippen molar-refractivity contribution in [3.63, 3.8) is 0 Å². The molecule has 1 unspecified atom stereocenters. The number of carbonyl (C=O) groups is 1. The highest BCUT2D eigenvalue weighted by Gasteiger charge is 2.41. The zero-order valence-electron chi connectivity index (χ0n) is 22.6. The number of hydrogen-bond acceptors (Lipinski definition) is 8. The lowest BCUT2D eigenvalue weighted by molar-refractivity contribution is -0.118. The van der Waals surface area contributed by atoms with Crippen molar-refractivity contribution in [3.05, 3.63) is 28.1 Å². The van der Waals surface area contributed by atoms with Gasteiger partial charge in [-0.25, -0.2) is 16.2 Å². The predicted molar refractivity (Wildman–Crippen MR) is 142 cm³/mol. The average molecular weight is 536 g/mol. The second kappa shape index (κ2) is 12.9. The van der Waals surface area contributed by atoms with E-state index in [0.29, 0.717) is 25.1 Å². The van der Waals surface area contributed by atoms with E-state index < -0.39 is 20.3 Å². The normalized spacial score (nSPS) is 20.9. The molecule has 37 heavy (non-hydrogen) atoms. The van der Waals surface area contributed by atoms with Gasteiger partial charge in [-0.2, -0.15) is 4.98 Å². The Balaban J connectivity index is 1.87. The molecule has 1 amide bonds. The fourth-order valence-electron chi connectivity index (χ4n) is 4.21. The third kappa shape index (κ3) is 6.92. The number of rotatable bonds is 12. The quantitative estimate of drug-likeness (QED) is 0.236. The Hall–Kier alpha value is -2.42. The third-order valence-electron chi connectivity index (χ3n) is 5.97. The summed E-state index contributed by atoms with van der Waals surface area (Å²) in [6.45, 7) is 21.6. The van der Waals surface area contributed by atoms with Crippen LogP contribution in [0.3, 0.4) is 0 Å². The molecule has 1 aliphatic heterocycles. The van der Waals surface area contributed by atoms with E-state index in [1.165, 1.54) is 6.33 Å². The topological polar surface area (TPSA) is 128 Å². The van der Waals surface area contributed by atoms with E-state index in [1.807, 2.05) is 6.92 Å². The molecule has 0 bridgehead atoms. The highest BCUT2D eigenvalue weighted by atomic mass is 31.2. The van der Waals surface area contributed by atoms with Gasteiger partial charge in [0, 0.05) is 24.4 Å². The smallest absolute Gasteiger partial charge is 0.280 e. The van der Waals surface area contributed by atoms with E-state index in [2.05, 4.69) is 57.5 Å². The molecule has 2 aromatic rings. The molecule has 0 aliphatic carbocycles. The van der Waals surface area contributed by atoms with Crippen LogP contribution in [0, 0.1) is 12.5 Å². The molecule has 3 heterocycles. The van der Waals surface area contributed by atoms with Crippen molar-refractivity contribution in [1.82, 2.24) is 24.2 Å². The maximum atomic E-state index is 12.6. The SMILES string of the molecule is [C-]#[N+]CCOP(O[C@H]1C[C@H](n2cnc3c(=O)[nH]c(NC(=O)C(C)C)nc32)O[C@@H]1CC)N(C(C)C)C(C)C. The number of aromatic amines is 1. The Morgan fingerprint density at radius 1 is 1.35 bits per heavy atom. The van der Waals surface area contributed by atoms with Crippen LogP contribution in [0.4, 0.5) is 5.95 Å². The van der Waals surface area contributed by atoms with E-state index in [1.54, 1.807) is 18.4 Å². The van der Waals surface area contributed by atoms with Crippen molar-refractivity contribution in [3.8, 4) is 0 Å². The van der Waals surface area contributed by atoms with Gasteiger partial charge in [0.25, 0.3) is 14.1 Å². The summed E-state index contributed by atoms with van der Waals surface area (Å²) in [5.74, 6) is -0.455. The number of H-pyrrole nitrogens is 1. The first-order valence-corrected chi connectivity index (χ1v) is 13.8. The standard InChI is InChI=1S/C24H38N7O5P/c1-9-17-18(36-37(34-11-10-25-8)31(15(4)5)16(6)7)12-19(35-17)30-13-26-20-21(30)27-24(29-23(20)33)28-22(32)14(2)3/h13-19H,9-12H2,1-7H3,(H2,27,28,29,32,33)/t17-,18+,19-,37?/m1/s1. The zero-order chi connectivity index (χ0) is 27.3. The van der Waals surface area contributed by atoms with Crippen LogP contribution >= 0.6 is 8.53 Å². The first-order chi connectivity index (χ1) is 17.6. The lowest BCUT2D eigenvalue weighted by Gasteiger charge is -2.37. The second-order valence-electron chi connectivity index (χ2n) is 9.82. The molecular weight excluding hydrogens is 497 g/mol. The number of amides is 1. The molecule has 1 saturated heterocycles. The molecule has 3 rings (SSSR count). The molecule has 0 radical (unpaired) electrons. The Bertz CT molecular complexity index is 1150. The maximum absolute atomic E-state index is 12.6. The summed E-state index contributed by atoms with van der Waals surface area (Å²) >= 11 is 0. The number of ether oxygens (including phenoxy) is 1. The number of aromatic nitrogens is 4. The second-order valence-corrected chi connectivity index (χ2v) is 11.2. The number of anilines is 1. The van der Waals surface area contributed by atoms with Gasteiger partial charge in [0.05, 0.1) is 18.5 Å². The maximum Gasteiger partial charge on any atom is 0.280 e. The van der Waals surface area contributed by atoms with Crippen LogP contribution in [0.1, 0.15) is 67.5 Å². The first-order valence-electron chi connectivity index (χ1n) is 12.7. The number of fused-ring (bicyclic) bond motifs is 1. The number of nitrogens with zero attached hydrogens (tertiary/aromatic N) is 5. The summed E-state index contributed by atoms with van der Waals surface area (Å²) in [5.41, 5.74) is 0.0471. The zero-order valence-corrected chi connectivity index (χ0v) is 23.5. The van der Waals surface area contributed by atoms with Crippen molar-refractivity contribution in [1.29, 1.82) is 0 Å². The summed E-state index contributed by atoms with van der Waals surface area (Å²) in [5, 5.41) is 2.64. The summed E-state index contributed by atoms with van der Waals surface area (Å²) < 4.78 is 22.9. The number of nitrogens with one attached hydrogen (secondary N) is 2. The van der Waals surface area contributed by atoms with Gasteiger partial charge in [0.1, 0.15) is 12.8 Å². The van der Waals surface area contributed by atoms with Crippen LogP contribution in [-0.2, 0) is 18.6 Å². The van der Waals surface area contributed by atoms with Gasteiger partial charge in [0.15, 0.2) is 11.2 Å². The fourth-order valence-corrected chi connectivity index (χ4v) is 5.96. The van der Waals surface area contributed by atoms with Crippen LogP contribution < -0.4 is 10.9 Å². The van der Waals surface area contributed by atoms with Crippen LogP contribution in [0.15, 0.2) is 11.1 Å². The molecule has 204 valence electrons. The fraction of sp³-hybridized carbons (Fsp3) is 0.708. The molecular formula is C24H38N7O5P.